The van der Waals surface area contributed by atoms with E-state index < -0.39 is 0 Å². The standard InChI is InChI=1S/C16H21NO2/c1-2-17-7-3-4-12-8-13-11(9-14(12)17)5-6-15-16(13)19-10-18-15/h5-6,12,14H,2-4,7-10H2,1H3/t12-,14-/m1/s1. The van der Waals surface area contributed by atoms with Gasteiger partial charge in [0.1, 0.15) is 0 Å². The number of hydrogen-bond donors (Lipinski definition) is 0. The van der Waals surface area contributed by atoms with Gasteiger partial charge in [0, 0.05) is 11.6 Å². The molecule has 1 aromatic carbocycles. The molecule has 3 heteroatoms. The largest absolute Gasteiger partial charge is 0.454 e. The van der Waals surface area contributed by atoms with Gasteiger partial charge in [-0.3, -0.25) is 0 Å². The second-order valence-electron chi connectivity index (χ2n) is 5.94. The van der Waals surface area contributed by atoms with Gasteiger partial charge in [0.2, 0.25) is 6.79 Å². The smallest absolute Gasteiger partial charge is 0.231 e. The number of nitrogens with zero attached hydrogens (tertiary/aromatic N) is 1. The minimum absolute atomic E-state index is 0.390. The van der Waals surface area contributed by atoms with Crippen LogP contribution in [-0.4, -0.2) is 30.8 Å². The molecule has 4 rings (SSSR count). The molecule has 0 aromatic heterocycles. The molecule has 0 spiro atoms. The summed E-state index contributed by atoms with van der Waals surface area (Å²) in [6.07, 6.45) is 5.06. The number of rotatable bonds is 1. The van der Waals surface area contributed by atoms with Gasteiger partial charge in [0.15, 0.2) is 11.5 Å². The zero-order valence-electron chi connectivity index (χ0n) is 11.5. The lowest BCUT2D eigenvalue weighted by Gasteiger charge is -2.44. The molecule has 102 valence electrons. The Morgan fingerprint density at radius 1 is 1.26 bits per heavy atom. The monoisotopic (exact) mass is 259 g/mol. The van der Waals surface area contributed by atoms with Gasteiger partial charge in [-0.1, -0.05) is 13.0 Å². The first kappa shape index (κ1) is 11.6. The summed E-state index contributed by atoms with van der Waals surface area (Å²) in [6.45, 7) is 5.14. The number of piperidine rings is 1. The van der Waals surface area contributed by atoms with Crippen molar-refractivity contribution in [3.63, 3.8) is 0 Å². The van der Waals surface area contributed by atoms with E-state index in [9.17, 15) is 0 Å². The molecule has 0 bridgehead atoms. The predicted molar refractivity (Wildman–Crippen MR) is 73.7 cm³/mol. The van der Waals surface area contributed by atoms with Gasteiger partial charge in [-0.05, 0) is 56.3 Å². The van der Waals surface area contributed by atoms with E-state index >= 15 is 0 Å². The summed E-state index contributed by atoms with van der Waals surface area (Å²) in [5, 5.41) is 0. The SMILES string of the molecule is CCN1CCC[C@@H]2Cc3c(ccc4c3OCO4)C[C@H]21. The van der Waals surface area contributed by atoms with Gasteiger partial charge in [-0.15, -0.1) is 0 Å². The molecule has 2 aliphatic heterocycles. The Morgan fingerprint density at radius 3 is 3.11 bits per heavy atom. The van der Waals surface area contributed by atoms with E-state index in [0.717, 1.165) is 23.5 Å². The minimum Gasteiger partial charge on any atom is -0.454 e. The lowest BCUT2D eigenvalue weighted by molar-refractivity contribution is 0.0900. The number of hydrogen-bond acceptors (Lipinski definition) is 3. The van der Waals surface area contributed by atoms with Gasteiger partial charge < -0.3 is 14.4 Å². The van der Waals surface area contributed by atoms with Crippen LogP contribution < -0.4 is 9.47 Å². The average molecular weight is 259 g/mol. The number of likely N-dealkylation sites (N-methyl/N-ethyl adjacent to an activating group) is 1. The van der Waals surface area contributed by atoms with Gasteiger partial charge in [-0.25, -0.2) is 0 Å². The summed E-state index contributed by atoms with van der Waals surface area (Å²) < 4.78 is 11.2. The van der Waals surface area contributed by atoms with Crippen LogP contribution in [0.2, 0.25) is 0 Å². The molecule has 0 radical (unpaired) electrons. The number of likely N-dealkylation sites (tertiary alicyclic amines) is 1. The van der Waals surface area contributed by atoms with E-state index in [4.69, 9.17) is 9.47 Å². The molecule has 1 aliphatic carbocycles. The Hall–Kier alpha value is -1.22. The second kappa shape index (κ2) is 4.41. The molecule has 1 saturated heterocycles. The molecule has 1 fully saturated rings. The van der Waals surface area contributed by atoms with E-state index in [-0.39, 0.29) is 0 Å². The molecule has 2 atom stereocenters. The maximum atomic E-state index is 5.69. The fourth-order valence-electron chi connectivity index (χ4n) is 4.11. The third-order valence-electron chi connectivity index (χ3n) is 5.07. The minimum atomic E-state index is 0.390. The molecule has 0 saturated carbocycles. The molecule has 2 heterocycles. The molecule has 3 aliphatic rings. The molecule has 19 heavy (non-hydrogen) atoms. The Morgan fingerprint density at radius 2 is 2.21 bits per heavy atom. The highest BCUT2D eigenvalue weighted by Crippen LogP contribution is 2.44. The first-order valence-corrected chi connectivity index (χ1v) is 7.51. The van der Waals surface area contributed by atoms with Crippen LogP contribution >= 0.6 is 0 Å². The van der Waals surface area contributed by atoms with Crippen LogP contribution in [0.15, 0.2) is 12.1 Å². The Kier molecular flexibility index (Phi) is 2.69. The van der Waals surface area contributed by atoms with Crippen molar-refractivity contribution in [1.82, 2.24) is 4.90 Å². The number of ether oxygens (including phenoxy) is 2. The van der Waals surface area contributed by atoms with Crippen LogP contribution in [0.5, 0.6) is 11.5 Å². The van der Waals surface area contributed by atoms with Gasteiger partial charge >= 0.3 is 0 Å². The zero-order valence-corrected chi connectivity index (χ0v) is 11.5. The van der Waals surface area contributed by atoms with Crippen LogP contribution in [0.25, 0.3) is 0 Å². The quantitative estimate of drug-likeness (QED) is 0.774. The normalized spacial score (nSPS) is 28.9. The van der Waals surface area contributed by atoms with Crippen molar-refractivity contribution in [2.45, 2.75) is 38.6 Å². The van der Waals surface area contributed by atoms with Crippen molar-refractivity contribution in [1.29, 1.82) is 0 Å². The van der Waals surface area contributed by atoms with Crippen LogP contribution in [0, 0.1) is 5.92 Å². The summed E-state index contributed by atoms with van der Waals surface area (Å²) in [7, 11) is 0. The Labute approximate surface area is 114 Å². The van der Waals surface area contributed by atoms with Crippen molar-refractivity contribution in [3.8, 4) is 11.5 Å². The van der Waals surface area contributed by atoms with E-state index in [0.29, 0.717) is 6.79 Å². The zero-order chi connectivity index (χ0) is 12.8. The van der Waals surface area contributed by atoms with Gasteiger partial charge in [0.05, 0.1) is 0 Å². The van der Waals surface area contributed by atoms with Gasteiger partial charge in [-0.2, -0.15) is 0 Å². The van der Waals surface area contributed by atoms with E-state index in [1.54, 1.807) is 0 Å². The molecular weight excluding hydrogens is 238 g/mol. The molecule has 1 aromatic rings. The molecule has 3 nitrogen and oxygen atoms in total. The van der Waals surface area contributed by atoms with Crippen molar-refractivity contribution < 1.29 is 9.47 Å². The molecular formula is C16H21NO2. The molecule has 0 N–H and O–H groups in total. The summed E-state index contributed by atoms with van der Waals surface area (Å²) in [5.74, 6) is 2.78. The number of benzene rings is 1. The number of fused-ring (bicyclic) bond motifs is 4. The topological polar surface area (TPSA) is 21.7 Å². The summed E-state index contributed by atoms with van der Waals surface area (Å²) in [5.41, 5.74) is 2.90. The first-order chi connectivity index (χ1) is 9.36. The maximum Gasteiger partial charge on any atom is 0.231 e. The highest BCUT2D eigenvalue weighted by atomic mass is 16.7. The fourth-order valence-corrected chi connectivity index (χ4v) is 4.11. The summed E-state index contributed by atoms with van der Waals surface area (Å²) in [6, 6.07) is 5.08. The lowest BCUT2D eigenvalue weighted by atomic mass is 9.75. The molecule has 0 unspecified atom stereocenters. The van der Waals surface area contributed by atoms with Crippen molar-refractivity contribution in [2.24, 2.45) is 5.92 Å². The second-order valence-corrected chi connectivity index (χ2v) is 5.94. The summed E-state index contributed by atoms with van der Waals surface area (Å²) in [4.78, 5) is 2.67. The highest BCUT2D eigenvalue weighted by Gasteiger charge is 2.37. The first-order valence-electron chi connectivity index (χ1n) is 7.51. The lowest BCUT2D eigenvalue weighted by Crippen LogP contribution is -2.48. The van der Waals surface area contributed by atoms with Crippen molar-refractivity contribution >= 4 is 0 Å². The van der Waals surface area contributed by atoms with Crippen LogP contribution in [0.4, 0.5) is 0 Å². The summed E-state index contributed by atoms with van der Waals surface area (Å²) >= 11 is 0. The van der Waals surface area contributed by atoms with Crippen LogP contribution in [0.3, 0.4) is 0 Å². The van der Waals surface area contributed by atoms with E-state index in [1.807, 2.05) is 0 Å². The highest BCUT2D eigenvalue weighted by molar-refractivity contribution is 5.53. The average Bonchev–Trinajstić information content (AvgIpc) is 2.93. The fraction of sp³-hybridized carbons (Fsp3) is 0.625. The van der Waals surface area contributed by atoms with Crippen LogP contribution in [0.1, 0.15) is 30.9 Å². The molecule has 0 amide bonds. The Balaban J connectivity index is 1.71. The van der Waals surface area contributed by atoms with Crippen LogP contribution in [-0.2, 0) is 12.8 Å². The van der Waals surface area contributed by atoms with E-state index in [2.05, 4.69) is 24.0 Å². The predicted octanol–water partition coefficient (Wildman–Crippen LogP) is 2.61. The van der Waals surface area contributed by atoms with Crippen molar-refractivity contribution in [2.75, 3.05) is 19.9 Å². The third-order valence-corrected chi connectivity index (χ3v) is 5.07. The Bertz CT molecular complexity index is 500. The van der Waals surface area contributed by atoms with Crippen molar-refractivity contribution in [3.05, 3.63) is 23.3 Å². The third kappa shape index (κ3) is 1.75. The maximum absolute atomic E-state index is 5.69. The van der Waals surface area contributed by atoms with E-state index in [1.165, 1.54) is 49.9 Å². The van der Waals surface area contributed by atoms with Gasteiger partial charge in [0.25, 0.3) is 0 Å².